The first-order valence-corrected chi connectivity index (χ1v) is 7.29. The summed E-state index contributed by atoms with van der Waals surface area (Å²) in [6, 6.07) is 2.69. The van der Waals surface area contributed by atoms with Crippen LogP contribution in [0.5, 0.6) is 0 Å². The lowest BCUT2D eigenvalue weighted by Crippen LogP contribution is -2.54. The average Bonchev–Trinajstić information content (AvgIpc) is 2.44. The van der Waals surface area contributed by atoms with E-state index < -0.39 is 6.04 Å². The second-order valence-corrected chi connectivity index (χ2v) is 6.16. The predicted molar refractivity (Wildman–Crippen MR) is 82.8 cm³/mol. The topological polar surface area (TPSA) is 71.1 Å². The first kappa shape index (κ1) is 17.1. The van der Waals surface area contributed by atoms with Gasteiger partial charge >= 0.3 is 0 Å². The summed E-state index contributed by atoms with van der Waals surface area (Å²) in [6.45, 7) is 9.77. The molecule has 0 aliphatic heterocycles. The van der Waals surface area contributed by atoms with Gasteiger partial charge in [0.05, 0.1) is 0 Å². The molecule has 0 aliphatic rings. The molecule has 1 aromatic rings. The second kappa shape index (κ2) is 7.20. The Balaban J connectivity index is 2.79. The molecule has 5 nitrogen and oxygen atoms in total. The Labute approximate surface area is 126 Å². The summed E-state index contributed by atoms with van der Waals surface area (Å²) in [5.41, 5.74) is 0.212. The van der Waals surface area contributed by atoms with Crippen molar-refractivity contribution in [1.29, 1.82) is 0 Å². The standard InChI is InChI=1S/C16H25N3O2/c1-6-16(4,5)19-15(21)13(11(2)3)18-14(20)12-7-9-17-10-8-12/h7-11,13H,6H2,1-5H3,(H,18,20)(H,19,21). The Hall–Kier alpha value is -1.91. The molecule has 1 rings (SSSR count). The SMILES string of the molecule is CCC(C)(C)NC(=O)C(NC(=O)c1ccncc1)C(C)C. The van der Waals surface area contributed by atoms with E-state index in [2.05, 4.69) is 15.6 Å². The van der Waals surface area contributed by atoms with E-state index in [0.717, 1.165) is 6.42 Å². The fraction of sp³-hybridized carbons (Fsp3) is 0.562. The summed E-state index contributed by atoms with van der Waals surface area (Å²) in [4.78, 5) is 28.4. The van der Waals surface area contributed by atoms with E-state index in [4.69, 9.17) is 0 Å². The highest BCUT2D eigenvalue weighted by molar-refractivity contribution is 5.97. The highest BCUT2D eigenvalue weighted by Crippen LogP contribution is 2.10. The summed E-state index contributed by atoms with van der Waals surface area (Å²) in [6.07, 6.45) is 3.93. The molecule has 1 heterocycles. The van der Waals surface area contributed by atoms with Gasteiger partial charge in [-0.15, -0.1) is 0 Å². The Morgan fingerprint density at radius 2 is 1.81 bits per heavy atom. The molecule has 116 valence electrons. The molecule has 1 unspecified atom stereocenters. The van der Waals surface area contributed by atoms with Gasteiger partial charge in [-0.2, -0.15) is 0 Å². The van der Waals surface area contributed by atoms with Crippen molar-refractivity contribution in [3.8, 4) is 0 Å². The van der Waals surface area contributed by atoms with E-state index in [1.807, 2.05) is 34.6 Å². The number of aromatic nitrogens is 1. The Bertz CT molecular complexity index is 484. The molecular formula is C16H25N3O2. The number of nitrogens with one attached hydrogen (secondary N) is 2. The number of hydrogen-bond acceptors (Lipinski definition) is 3. The lowest BCUT2D eigenvalue weighted by atomic mass is 9.98. The van der Waals surface area contributed by atoms with Crippen LogP contribution in [-0.2, 0) is 4.79 Å². The molecule has 2 N–H and O–H groups in total. The number of carbonyl (C=O) groups is 2. The molecule has 2 amide bonds. The van der Waals surface area contributed by atoms with E-state index in [1.165, 1.54) is 0 Å². The van der Waals surface area contributed by atoms with E-state index >= 15 is 0 Å². The first-order chi connectivity index (χ1) is 9.76. The van der Waals surface area contributed by atoms with Crippen molar-refractivity contribution in [2.24, 2.45) is 5.92 Å². The average molecular weight is 291 g/mol. The number of carbonyl (C=O) groups excluding carboxylic acids is 2. The van der Waals surface area contributed by atoms with E-state index in [0.29, 0.717) is 5.56 Å². The maximum absolute atomic E-state index is 12.4. The molecule has 1 atom stereocenters. The van der Waals surface area contributed by atoms with Crippen molar-refractivity contribution in [3.05, 3.63) is 30.1 Å². The van der Waals surface area contributed by atoms with Gasteiger partial charge in [0.2, 0.25) is 5.91 Å². The van der Waals surface area contributed by atoms with Crippen LogP contribution < -0.4 is 10.6 Å². The summed E-state index contributed by atoms with van der Waals surface area (Å²) in [5, 5.41) is 5.78. The van der Waals surface area contributed by atoms with Gasteiger partial charge in [-0.3, -0.25) is 14.6 Å². The van der Waals surface area contributed by atoms with Crippen LogP contribution in [0, 0.1) is 5.92 Å². The molecule has 0 aliphatic carbocycles. The molecule has 0 saturated heterocycles. The van der Waals surface area contributed by atoms with Gasteiger partial charge in [-0.25, -0.2) is 0 Å². The Morgan fingerprint density at radius 3 is 2.29 bits per heavy atom. The molecular weight excluding hydrogens is 266 g/mol. The van der Waals surface area contributed by atoms with E-state index in [1.54, 1.807) is 24.5 Å². The second-order valence-electron chi connectivity index (χ2n) is 6.16. The third-order valence-corrected chi connectivity index (χ3v) is 3.52. The predicted octanol–water partition coefficient (Wildman–Crippen LogP) is 2.14. The van der Waals surface area contributed by atoms with Gasteiger partial charge in [0.1, 0.15) is 6.04 Å². The van der Waals surface area contributed by atoms with Crippen molar-refractivity contribution < 1.29 is 9.59 Å². The molecule has 0 fully saturated rings. The summed E-state index contributed by atoms with van der Waals surface area (Å²) in [7, 11) is 0. The number of rotatable bonds is 6. The lowest BCUT2D eigenvalue weighted by Gasteiger charge is -2.29. The maximum Gasteiger partial charge on any atom is 0.252 e. The molecule has 0 bridgehead atoms. The van der Waals surface area contributed by atoms with E-state index in [-0.39, 0.29) is 23.3 Å². The molecule has 21 heavy (non-hydrogen) atoms. The maximum atomic E-state index is 12.4. The van der Waals surface area contributed by atoms with Crippen molar-refractivity contribution in [1.82, 2.24) is 15.6 Å². The summed E-state index contributed by atoms with van der Waals surface area (Å²) >= 11 is 0. The minimum Gasteiger partial charge on any atom is -0.349 e. The van der Waals surface area contributed by atoms with Crippen LogP contribution >= 0.6 is 0 Å². The van der Waals surface area contributed by atoms with Crippen LogP contribution in [0.25, 0.3) is 0 Å². The zero-order chi connectivity index (χ0) is 16.0. The smallest absolute Gasteiger partial charge is 0.252 e. The first-order valence-electron chi connectivity index (χ1n) is 7.29. The van der Waals surface area contributed by atoms with Gasteiger partial charge in [0, 0.05) is 23.5 Å². The largest absolute Gasteiger partial charge is 0.349 e. The Morgan fingerprint density at radius 1 is 1.24 bits per heavy atom. The fourth-order valence-corrected chi connectivity index (χ4v) is 1.76. The van der Waals surface area contributed by atoms with Gasteiger partial charge in [0.25, 0.3) is 5.91 Å². The third kappa shape index (κ3) is 5.17. The summed E-state index contributed by atoms with van der Waals surface area (Å²) in [5.74, 6) is -0.414. The van der Waals surface area contributed by atoms with Crippen molar-refractivity contribution in [2.45, 2.75) is 52.6 Å². The highest BCUT2D eigenvalue weighted by Gasteiger charge is 2.28. The fourth-order valence-electron chi connectivity index (χ4n) is 1.76. The minimum absolute atomic E-state index is 0.00319. The van der Waals surface area contributed by atoms with Crippen LogP contribution in [0.4, 0.5) is 0 Å². The number of amides is 2. The molecule has 0 radical (unpaired) electrons. The van der Waals surface area contributed by atoms with Gasteiger partial charge < -0.3 is 10.6 Å². The monoisotopic (exact) mass is 291 g/mol. The van der Waals surface area contributed by atoms with Crippen molar-refractivity contribution in [2.75, 3.05) is 0 Å². The van der Waals surface area contributed by atoms with Crippen LogP contribution in [0.2, 0.25) is 0 Å². The molecule has 0 saturated carbocycles. The van der Waals surface area contributed by atoms with Crippen LogP contribution in [0.3, 0.4) is 0 Å². The van der Waals surface area contributed by atoms with Gasteiger partial charge in [-0.05, 0) is 38.3 Å². The third-order valence-electron chi connectivity index (χ3n) is 3.52. The molecule has 0 aromatic carbocycles. The van der Waals surface area contributed by atoms with Crippen molar-refractivity contribution >= 4 is 11.8 Å². The zero-order valence-corrected chi connectivity index (χ0v) is 13.4. The molecule has 1 aromatic heterocycles. The molecule has 0 spiro atoms. The number of pyridine rings is 1. The van der Waals surface area contributed by atoms with Gasteiger partial charge in [-0.1, -0.05) is 20.8 Å². The number of nitrogens with zero attached hydrogens (tertiary/aromatic N) is 1. The quantitative estimate of drug-likeness (QED) is 0.843. The molecule has 5 heteroatoms. The zero-order valence-electron chi connectivity index (χ0n) is 13.4. The number of hydrogen-bond donors (Lipinski definition) is 2. The van der Waals surface area contributed by atoms with Crippen LogP contribution in [-0.4, -0.2) is 28.4 Å². The van der Waals surface area contributed by atoms with Crippen molar-refractivity contribution in [3.63, 3.8) is 0 Å². The Kier molecular flexibility index (Phi) is 5.88. The highest BCUT2D eigenvalue weighted by atomic mass is 16.2. The normalized spacial score (nSPS) is 12.9. The van der Waals surface area contributed by atoms with E-state index in [9.17, 15) is 9.59 Å². The van der Waals surface area contributed by atoms with Crippen LogP contribution in [0.1, 0.15) is 51.4 Å². The van der Waals surface area contributed by atoms with Crippen LogP contribution in [0.15, 0.2) is 24.5 Å². The van der Waals surface area contributed by atoms with Gasteiger partial charge in [0.15, 0.2) is 0 Å². The lowest BCUT2D eigenvalue weighted by molar-refractivity contribution is -0.125. The minimum atomic E-state index is -0.559. The summed E-state index contributed by atoms with van der Waals surface area (Å²) < 4.78 is 0.